The van der Waals surface area contributed by atoms with Gasteiger partial charge in [0.1, 0.15) is 12.0 Å². The highest BCUT2D eigenvalue weighted by atomic mass is 16.3. The lowest BCUT2D eigenvalue weighted by Crippen LogP contribution is -2.30. The van der Waals surface area contributed by atoms with Crippen LogP contribution in [0.15, 0.2) is 47.7 Å². The average molecular weight is 338 g/mol. The van der Waals surface area contributed by atoms with Crippen molar-refractivity contribution in [2.75, 3.05) is 23.3 Å². The molecule has 0 bridgehead atoms. The second-order valence-electron chi connectivity index (χ2n) is 5.88. The predicted octanol–water partition coefficient (Wildman–Crippen LogP) is 2.50. The molecule has 0 atom stereocenters. The van der Waals surface area contributed by atoms with Gasteiger partial charge in [0.2, 0.25) is 0 Å². The van der Waals surface area contributed by atoms with Crippen molar-refractivity contribution < 1.29 is 9.21 Å². The van der Waals surface area contributed by atoms with Crippen LogP contribution in [0.5, 0.6) is 0 Å². The Bertz CT molecular complexity index is 852. The van der Waals surface area contributed by atoms with Gasteiger partial charge in [-0.3, -0.25) is 4.79 Å². The lowest BCUT2D eigenvalue weighted by atomic mass is 10.1. The largest absolute Gasteiger partial charge is 0.459 e. The van der Waals surface area contributed by atoms with Crippen molar-refractivity contribution in [3.8, 4) is 5.82 Å². The van der Waals surface area contributed by atoms with Crippen LogP contribution in [0.2, 0.25) is 0 Å². The van der Waals surface area contributed by atoms with Crippen LogP contribution in [0, 0.1) is 0 Å². The number of nitrogens with zero attached hydrogens (tertiary/aromatic N) is 5. The van der Waals surface area contributed by atoms with Crippen LogP contribution in [0.3, 0.4) is 0 Å². The quantitative estimate of drug-likeness (QED) is 0.786. The fourth-order valence-electron chi connectivity index (χ4n) is 2.95. The number of carbonyl (C=O) groups is 1. The summed E-state index contributed by atoms with van der Waals surface area (Å²) in [5.74, 6) is 0.641. The van der Waals surface area contributed by atoms with Gasteiger partial charge >= 0.3 is 0 Å². The van der Waals surface area contributed by atoms with E-state index in [1.54, 1.807) is 29.2 Å². The Kier molecular flexibility index (Phi) is 4.16. The number of rotatable bonds is 4. The molecule has 8 heteroatoms. The highest BCUT2D eigenvalue weighted by Gasteiger charge is 2.18. The molecule has 0 unspecified atom stereocenters. The molecule has 3 aromatic heterocycles. The molecule has 3 aromatic rings. The second kappa shape index (κ2) is 6.76. The topological polar surface area (TPSA) is 89.1 Å². The number of furan rings is 1. The summed E-state index contributed by atoms with van der Waals surface area (Å²) in [5, 5.41) is 7.09. The smallest absolute Gasteiger partial charge is 0.291 e. The molecule has 1 fully saturated rings. The van der Waals surface area contributed by atoms with Gasteiger partial charge in [-0.1, -0.05) is 0 Å². The van der Waals surface area contributed by atoms with E-state index in [0.717, 1.165) is 31.6 Å². The fourth-order valence-corrected chi connectivity index (χ4v) is 2.95. The highest BCUT2D eigenvalue weighted by Crippen LogP contribution is 2.25. The van der Waals surface area contributed by atoms with E-state index in [0.29, 0.717) is 11.5 Å². The number of hydrogen-bond acceptors (Lipinski definition) is 6. The maximum absolute atomic E-state index is 12.1. The first-order valence-corrected chi connectivity index (χ1v) is 8.26. The molecule has 1 amide bonds. The Labute approximate surface area is 144 Å². The van der Waals surface area contributed by atoms with E-state index < -0.39 is 0 Å². The van der Waals surface area contributed by atoms with Gasteiger partial charge in [-0.2, -0.15) is 5.10 Å². The number of aromatic nitrogens is 4. The highest BCUT2D eigenvalue weighted by molar-refractivity contribution is 6.02. The summed E-state index contributed by atoms with van der Waals surface area (Å²) in [5.41, 5.74) is 1.53. The molecular weight excluding hydrogens is 320 g/mol. The maximum atomic E-state index is 12.1. The zero-order valence-corrected chi connectivity index (χ0v) is 13.6. The molecule has 25 heavy (non-hydrogen) atoms. The number of amides is 1. The Hall–Kier alpha value is -3.16. The predicted molar refractivity (Wildman–Crippen MR) is 91.9 cm³/mol. The van der Waals surface area contributed by atoms with Crippen LogP contribution in [0.1, 0.15) is 29.8 Å². The molecule has 4 heterocycles. The zero-order valence-electron chi connectivity index (χ0n) is 13.6. The number of nitrogens with one attached hydrogen (secondary N) is 1. The molecule has 1 saturated heterocycles. The van der Waals surface area contributed by atoms with E-state index in [-0.39, 0.29) is 11.7 Å². The standard InChI is InChI=1S/C17H18N6O2/c24-17(15-5-4-8-25-15)21-13-9-20-23(11-13)16-14(10-18-12-19-16)22-6-2-1-3-7-22/h4-5,8-12H,1-3,6-7H2,(H,21,24). The summed E-state index contributed by atoms with van der Waals surface area (Å²) < 4.78 is 6.75. The summed E-state index contributed by atoms with van der Waals surface area (Å²) in [6.45, 7) is 1.98. The summed E-state index contributed by atoms with van der Waals surface area (Å²) in [6, 6.07) is 3.28. The monoisotopic (exact) mass is 338 g/mol. The normalized spacial score (nSPS) is 14.5. The number of anilines is 2. The third-order valence-electron chi connectivity index (χ3n) is 4.17. The third kappa shape index (κ3) is 3.23. The molecule has 0 saturated carbocycles. The van der Waals surface area contributed by atoms with Crippen LogP contribution in [0.25, 0.3) is 5.82 Å². The summed E-state index contributed by atoms with van der Waals surface area (Å²) in [4.78, 5) is 22.9. The molecule has 0 aromatic carbocycles. The summed E-state index contributed by atoms with van der Waals surface area (Å²) in [7, 11) is 0. The van der Waals surface area contributed by atoms with Crippen molar-refractivity contribution in [3.63, 3.8) is 0 Å². The molecule has 1 aliphatic rings. The van der Waals surface area contributed by atoms with Crippen molar-refractivity contribution >= 4 is 17.3 Å². The van der Waals surface area contributed by atoms with Crippen molar-refractivity contribution in [1.29, 1.82) is 0 Å². The van der Waals surface area contributed by atoms with Crippen LogP contribution in [-0.4, -0.2) is 38.7 Å². The molecular formula is C17H18N6O2. The van der Waals surface area contributed by atoms with E-state index >= 15 is 0 Å². The molecule has 0 aliphatic carbocycles. The first-order chi connectivity index (χ1) is 12.3. The number of carbonyl (C=O) groups excluding carboxylic acids is 1. The lowest BCUT2D eigenvalue weighted by Gasteiger charge is -2.29. The Morgan fingerprint density at radius 1 is 1.20 bits per heavy atom. The lowest BCUT2D eigenvalue weighted by molar-refractivity contribution is 0.0996. The molecule has 1 N–H and O–H groups in total. The van der Waals surface area contributed by atoms with Crippen molar-refractivity contribution in [2.45, 2.75) is 19.3 Å². The molecule has 128 valence electrons. The van der Waals surface area contributed by atoms with Crippen LogP contribution in [0.4, 0.5) is 11.4 Å². The van der Waals surface area contributed by atoms with Gasteiger partial charge in [0, 0.05) is 13.1 Å². The minimum atomic E-state index is -0.316. The van der Waals surface area contributed by atoms with E-state index in [9.17, 15) is 4.79 Å². The Morgan fingerprint density at radius 2 is 2.08 bits per heavy atom. The van der Waals surface area contributed by atoms with Crippen LogP contribution < -0.4 is 10.2 Å². The molecule has 0 spiro atoms. The molecule has 8 nitrogen and oxygen atoms in total. The zero-order chi connectivity index (χ0) is 17.1. The van der Waals surface area contributed by atoms with Crippen molar-refractivity contribution in [3.05, 3.63) is 49.1 Å². The first-order valence-electron chi connectivity index (χ1n) is 8.26. The van der Waals surface area contributed by atoms with Gasteiger partial charge in [-0.05, 0) is 31.4 Å². The summed E-state index contributed by atoms with van der Waals surface area (Å²) >= 11 is 0. The minimum Gasteiger partial charge on any atom is -0.459 e. The van der Waals surface area contributed by atoms with Gasteiger partial charge < -0.3 is 14.6 Å². The van der Waals surface area contributed by atoms with E-state index in [1.807, 2.05) is 6.20 Å². The number of piperidine rings is 1. The average Bonchev–Trinajstić information content (AvgIpc) is 3.34. The Morgan fingerprint density at radius 3 is 2.88 bits per heavy atom. The van der Waals surface area contributed by atoms with Crippen molar-refractivity contribution in [2.24, 2.45) is 0 Å². The van der Waals surface area contributed by atoms with E-state index in [2.05, 4.69) is 25.3 Å². The fraction of sp³-hybridized carbons (Fsp3) is 0.294. The molecule has 4 rings (SSSR count). The van der Waals surface area contributed by atoms with Gasteiger partial charge in [0.15, 0.2) is 11.6 Å². The van der Waals surface area contributed by atoms with Crippen LogP contribution >= 0.6 is 0 Å². The molecule has 1 aliphatic heterocycles. The van der Waals surface area contributed by atoms with E-state index in [1.165, 1.54) is 19.0 Å². The van der Waals surface area contributed by atoms with E-state index in [4.69, 9.17) is 4.42 Å². The van der Waals surface area contributed by atoms with Crippen molar-refractivity contribution in [1.82, 2.24) is 19.7 Å². The van der Waals surface area contributed by atoms with Gasteiger partial charge in [-0.25, -0.2) is 14.6 Å². The Balaban J connectivity index is 1.57. The van der Waals surface area contributed by atoms with Crippen LogP contribution in [-0.2, 0) is 0 Å². The minimum absolute atomic E-state index is 0.254. The SMILES string of the molecule is O=C(Nc1cnn(-c2ncncc2N2CCCCC2)c1)c1ccco1. The summed E-state index contributed by atoms with van der Waals surface area (Å²) in [6.07, 6.45) is 11.7. The number of hydrogen-bond donors (Lipinski definition) is 1. The maximum Gasteiger partial charge on any atom is 0.291 e. The first kappa shape index (κ1) is 15.4. The second-order valence-corrected chi connectivity index (χ2v) is 5.88. The third-order valence-corrected chi connectivity index (χ3v) is 4.17. The van der Waals surface area contributed by atoms with Gasteiger partial charge in [0.25, 0.3) is 5.91 Å². The van der Waals surface area contributed by atoms with Gasteiger partial charge in [0.05, 0.1) is 30.5 Å². The van der Waals surface area contributed by atoms with Gasteiger partial charge in [-0.15, -0.1) is 0 Å². The molecule has 0 radical (unpaired) electrons.